The second-order valence-electron chi connectivity index (χ2n) is 5.34. The second-order valence-corrected chi connectivity index (χ2v) is 6.60. The Morgan fingerprint density at radius 2 is 2.05 bits per heavy atom. The SMILES string of the molecule is O=C1CCN(c2c(Cl)cc(F)cc2Br)C(=O)C(C2CC2)N1. The highest BCUT2D eigenvalue weighted by Gasteiger charge is 2.42. The molecule has 0 bridgehead atoms. The van der Waals surface area contributed by atoms with E-state index in [9.17, 15) is 14.0 Å². The molecule has 4 nitrogen and oxygen atoms in total. The zero-order chi connectivity index (χ0) is 15.1. The lowest BCUT2D eigenvalue weighted by atomic mass is 10.1. The van der Waals surface area contributed by atoms with Crippen LogP contribution in [0.5, 0.6) is 0 Å². The number of nitrogens with one attached hydrogen (secondary N) is 1. The Hall–Kier alpha value is -1.14. The van der Waals surface area contributed by atoms with Crippen molar-refractivity contribution in [2.24, 2.45) is 5.92 Å². The maximum Gasteiger partial charge on any atom is 0.249 e. The van der Waals surface area contributed by atoms with Crippen molar-refractivity contribution in [3.8, 4) is 0 Å². The first-order valence-corrected chi connectivity index (χ1v) is 7.90. The quantitative estimate of drug-likeness (QED) is 0.864. The summed E-state index contributed by atoms with van der Waals surface area (Å²) in [6.45, 7) is 0.234. The van der Waals surface area contributed by atoms with Crippen LogP contribution in [0.15, 0.2) is 16.6 Å². The summed E-state index contributed by atoms with van der Waals surface area (Å²) in [5.41, 5.74) is 0.421. The molecule has 1 N–H and O–H groups in total. The molecular weight excluding hydrogens is 363 g/mol. The zero-order valence-electron chi connectivity index (χ0n) is 11.0. The van der Waals surface area contributed by atoms with Crippen molar-refractivity contribution in [2.45, 2.75) is 25.3 Å². The fourth-order valence-electron chi connectivity index (χ4n) is 2.56. The normalized spacial score (nSPS) is 23.0. The number of nitrogens with zero attached hydrogens (tertiary/aromatic N) is 1. The van der Waals surface area contributed by atoms with Gasteiger partial charge in [0, 0.05) is 17.4 Å². The minimum absolute atomic E-state index is 0.142. The Labute approximate surface area is 134 Å². The monoisotopic (exact) mass is 374 g/mol. The number of rotatable bonds is 2. The lowest BCUT2D eigenvalue weighted by Crippen LogP contribution is -2.46. The highest BCUT2D eigenvalue weighted by Crippen LogP contribution is 2.39. The largest absolute Gasteiger partial charge is 0.344 e. The Morgan fingerprint density at radius 3 is 2.67 bits per heavy atom. The van der Waals surface area contributed by atoms with Crippen LogP contribution in [-0.4, -0.2) is 24.4 Å². The molecule has 1 aromatic rings. The van der Waals surface area contributed by atoms with Crippen LogP contribution in [0.25, 0.3) is 0 Å². The number of halogens is 3. The number of anilines is 1. The molecule has 112 valence electrons. The van der Waals surface area contributed by atoms with E-state index in [1.807, 2.05) is 0 Å². The van der Waals surface area contributed by atoms with Crippen molar-refractivity contribution < 1.29 is 14.0 Å². The summed E-state index contributed by atoms with van der Waals surface area (Å²) in [5.74, 6) is -0.611. The van der Waals surface area contributed by atoms with Crippen LogP contribution in [0.1, 0.15) is 19.3 Å². The molecule has 2 aliphatic rings. The average Bonchev–Trinajstić information content (AvgIpc) is 3.21. The van der Waals surface area contributed by atoms with Gasteiger partial charge in [-0.2, -0.15) is 0 Å². The fraction of sp³-hybridized carbons (Fsp3) is 0.429. The number of carbonyl (C=O) groups excluding carboxylic acids is 2. The standard InChI is InChI=1S/C14H13BrClFN2O2/c15-9-5-8(17)6-10(16)13(9)19-4-3-11(20)18-12(14(19)21)7-1-2-7/h5-7,12H,1-4H2,(H,18,20). The van der Waals surface area contributed by atoms with Gasteiger partial charge in [-0.25, -0.2) is 4.39 Å². The van der Waals surface area contributed by atoms with Crippen LogP contribution in [-0.2, 0) is 9.59 Å². The van der Waals surface area contributed by atoms with Gasteiger partial charge >= 0.3 is 0 Å². The van der Waals surface area contributed by atoms with Gasteiger partial charge < -0.3 is 10.2 Å². The molecule has 1 saturated carbocycles. The van der Waals surface area contributed by atoms with E-state index < -0.39 is 11.9 Å². The van der Waals surface area contributed by atoms with E-state index in [-0.39, 0.29) is 35.7 Å². The van der Waals surface area contributed by atoms with Crippen LogP contribution in [0.2, 0.25) is 5.02 Å². The molecule has 2 amide bonds. The average molecular weight is 376 g/mol. The lowest BCUT2D eigenvalue weighted by Gasteiger charge is -2.26. The highest BCUT2D eigenvalue weighted by atomic mass is 79.9. The van der Waals surface area contributed by atoms with Crippen molar-refractivity contribution in [1.82, 2.24) is 5.32 Å². The fourth-order valence-corrected chi connectivity index (χ4v) is 3.63. The third kappa shape index (κ3) is 2.92. The highest BCUT2D eigenvalue weighted by molar-refractivity contribution is 9.10. The molecule has 0 spiro atoms. The van der Waals surface area contributed by atoms with Crippen molar-refractivity contribution in [3.63, 3.8) is 0 Å². The molecule has 1 unspecified atom stereocenters. The van der Waals surface area contributed by atoms with Gasteiger partial charge in [0.05, 0.1) is 10.7 Å². The first-order chi connectivity index (χ1) is 9.97. The van der Waals surface area contributed by atoms with E-state index in [4.69, 9.17) is 11.6 Å². The van der Waals surface area contributed by atoms with Gasteiger partial charge in [-0.15, -0.1) is 0 Å². The van der Waals surface area contributed by atoms with Crippen molar-refractivity contribution >= 4 is 45.0 Å². The Bertz CT molecular complexity index is 598. The molecule has 1 aliphatic heterocycles. The van der Waals surface area contributed by atoms with Gasteiger partial charge in [-0.1, -0.05) is 11.6 Å². The summed E-state index contributed by atoms with van der Waals surface area (Å²) in [6, 6.07) is 1.93. The Kier molecular flexibility index (Phi) is 3.92. The predicted octanol–water partition coefficient (Wildman–Crippen LogP) is 2.87. The number of hydrogen-bond acceptors (Lipinski definition) is 2. The number of hydrogen-bond donors (Lipinski definition) is 1. The summed E-state index contributed by atoms with van der Waals surface area (Å²) in [5, 5.41) is 2.93. The van der Waals surface area contributed by atoms with Crippen LogP contribution >= 0.6 is 27.5 Å². The molecule has 21 heavy (non-hydrogen) atoms. The lowest BCUT2D eigenvalue weighted by molar-refractivity contribution is -0.126. The summed E-state index contributed by atoms with van der Waals surface area (Å²) >= 11 is 9.35. The number of benzene rings is 1. The van der Waals surface area contributed by atoms with Crippen LogP contribution in [0, 0.1) is 11.7 Å². The van der Waals surface area contributed by atoms with Crippen LogP contribution in [0.4, 0.5) is 10.1 Å². The first-order valence-electron chi connectivity index (χ1n) is 6.72. The summed E-state index contributed by atoms with van der Waals surface area (Å²) in [6.07, 6.45) is 2.07. The molecule has 3 rings (SSSR count). The molecule has 1 heterocycles. The number of amides is 2. The summed E-state index contributed by atoms with van der Waals surface area (Å²) < 4.78 is 13.8. The molecule has 1 aromatic carbocycles. The van der Waals surface area contributed by atoms with E-state index in [0.717, 1.165) is 12.8 Å². The Balaban J connectivity index is 2.00. The van der Waals surface area contributed by atoms with Gasteiger partial charge in [0.2, 0.25) is 11.8 Å². The van der Waals surface area contributed by atoms with Gasteiger partial charge in [0.25, 0.3) is 0 Å². The minimum Gasteiger partial charge on any atom is -0.344 e. The molecule has 0 aromatic heterocycles. The smallest absolute Gasteiger partial charge is 0.249 e. The zero-order valence-corrected chi connectivity index (χ0v) is 13.4. The molecule has 1 aliphatic carbocycles. The van der Waals surface area contributed by atoms with E-state index in [2.05, 4.69) is 21.2 Å². The molecule has 1 atom stereocenters. The van der Waals surface area contributed by atoms with Gasteiger partial charge in [0.1, 0.15) is 11.9 Å². The topological polar surface area (TPSA) is 49.4 Å². The molecule has 1 saturated heterocycles. The van der Waals surface area contributed by atoms with E-state index >= 15 is 0 Å². The van der Waals surface area contributed by atoms with Gasteiger partial charge in [-0.05, 0) is 46.8 Å². The third-order valence-electron chi connectivity index (χ3n) is 3.76. The van der Waals surface area contributed by atoms with Crippen molar-refractivity contribution in [1.29, 1.82) is 0 Å². The summed E-state index contributed by atoms with van der Waals surface area (Å²) in [7, 11) is 0. The Morgan fingerprint density at radius 1 is 1.33 bits per heavy atom. The molecule has 2 fully saturated rings. The predicted molar refractivity (Wildman–Crippen MR) is 80.7 cm³/mol. The minimum atomic E-state index is -0.506. The third-order valence-corrected chi connectivity index (χ3v) is 4.65. The summed E-state index contributed by atoms with van der Waals surface area (Å²) in [4.78, 5) is 26.0. The van der Waals surface area contributed by atoms with Crippen LogP contribution < -0.4 is 10.2 Å². The number of carbonyl (C=O) groups is 2. The van der Waals surface area contributed by atoms with Crippen molar-refractivity contribution in [3.05, 3.63) is 27.4 Å². The molecule has 0 radical (unpaired) electrons. The van der Waals surface area contributed by atoms with E-state index in [0.29, 0.717) is 10.2 Å². The first kappa shape index (κ1) is 14.8. The molecule has 7 heteroatoms. The van der Waals surface area contributed by atoms with Crippen LogP contribution in [0.3, 0.4) is 0 Å². The maximum atomic E-state index is 13.3. The van der Waals surface area contributed by atoms with Gasteiger partial charge in [0.15, 0.2) is 0 Å². The van der Waals surface area contributed by atoms with Crippen molar-refractivity contribution in [2.75, 3.05) is 11.4 Å². The maximum absolute atomic E-state index is 13.3. The second kappa shape index (κ2) is 5.57. The van der Waals surface area contributed by atoms with E-state index in [1.54, 1.807) is 0 Å². The van der Waals surface area contributed by atoms with Gasteiger partial charge in [-0.3, -0.25) is 9.59 Å². The molecular formula is C14H13BrClFN2O2. The van der Waals surface area contributed by atoms with E-state index in [1.165, 1.54) is 17.0 Å².